The Balaban J connectivity index is 1.47. The molecule has 0 unspecified atom stereocenters. The summed E-state index contributed by atoms with van der Waals surface area (Å²) in [5.41, 5.74) is 6.71. The molecule has 0 heterocycles. The molecule has 0 saturated heterocycles. The second kappa shape index (κ2) is 11.6. The average molecular weight is 652 g/mol. The van der Waals surface area contributed by atoms with Gasteiger partial charge in [-0.3, -0.25) is 0 Å². The fraction of sp³-hybridized carbons (Fsp3) is 0.160. The highest BCUT2D eigenvalue weighted by molar-refractivity contribution is 6.22. The fourth-order valence-electron chi connectivity index (χ4n) is 8.30. The van der Waals surface area contributed by atoms with Crippen LogP contribution in [0.2, 0.25) is 0 Å². The van der Waals surface area contributed by atoms with Gasteiger partial charge in [0, 0.05) is 0 Å². The van der Waals surface area contributed by atoms with E-state index in [2.05, 4.69) is 64.1 Å². The van der Waals surface area contributed by atoms with E-state index in [-0.39, 0.29) is 52.6 Å². The largest absolute Gasteiger partial charge is 0.0629 e. The molecule has 0 bridgehead atoms. The molecule has 0 atom stereocenters. The van der Waals surface area contributed by atoms with Gasteiger partial charge in [-0.25, -0.2) is 0 Å². The van der Waals surface area contributed by atoms with Gasteiger partial charge in [-0.15, -0.1) is 0 Å². The first-order valence-electron chi connectivity index (χ1n) is 21.8. The lowest BCUT2D eigenvalue weighted by atomic mass is 9.60. The van der Waals surface area contributed by atoms with Gasteiger partial charge in [0.1, 0.15) is 0 Å². The first kappa shape index (κ1) is 22.3. The van der Waals surface area contributed by atoms with Crippen LogP contribution in [0.5, 0.6) is 0 Å². The highest BCUT2D eigenvalue weighted by Crippen LogP contribution is 2.54. The Morgan fingerprint density at radius 1 is 0.440 bits per heavy atom. The lowest BCUT2D eigenvalue weighted by Crippen LogP contribution is -2.34. The van der Waals surface area contributed by atoms with Gasteiger partial charge in [-0.05, 0) is 124 Å². The molecule has 50 heavy (non-hydrogen) atoms. The summed E-state index contributed by atoms with van der Waals surface area (Å²) in [4.78, 5) is 0. The third-order valence-corrected chi connectivity index (χ3v) is 10.9. The molecular formula is C50H42. The minimum atomic E-state index is -0.462. The van der Waals surface area contributed by atoms with Gasteiger partial charge in [-0.1, -0.05) is 173 Å². The number of fused-ring (bicyclic) bond motifs is 4. The van der Waals surface area contributed by atoms with E-state index >= 15 is 0 Å². The number of hydrogen-bond acceptors (Lipinski definition) is 0. The van der Waals surface area contributed by atoms with E-state index in [1.807, 2.05) is 66.7 Å². The van der Waals surface area contributed by atoms with E-state index < -0.39 is 18.1 Å². The predicted molar refractivity (Wildman–Crippen MR) is 216 cm³/mol. The number of benzene rings is 8. The van der Waals surface area contributed by atoms with E-state index in [0.717, 1.165) is 67.8 Å². The summed E-state index contributed by atoms with van der Waals surface area (Å²) < 4.78 is 80.8. The van der Waals surface area contributed by atoms with Crippen molar-refractivity contribution in [1.29, 1.82) is 0 Å². The normalized spacial score (nSPS) is 17.5. The summed E-state index contributed by atoms with van der Waals surface area (Å²) in [5, 5.41) is 4.59. The zero-order chi connectivity index (χ0) is 41.9. The van der Waals surface area contributed by atoms with Gasteiger partial charge >= 0.3 is 0 Å². The van der Waals surface area contributed by atoms with Crippen LogP contribution in [0, 0.1) is 0 Å². The molecule has 0 saturated carbocycles. The SMILES string of the molecule is [2H]c1c([2H])c([2H])c(-c2cc(-c3c4ccccc4c(-c4cccc(-c5cccc6ccccc56)c4)c4c([2H])c([2H])c([2H])c([2H])c34)c3c(c2)C(C)(C)CCC3(C)C)c([2H])c1[2H]. The lowest BCUT2D eigenvalue weighted by molar-refractivity contribution is 0.333. The minimum absolute atomic E-state index is 0.0941. The molecule has 0 nitrogen and oxygen atoms in total. The first-order chi connectivity index (χ1) is 28.0. The maximum atomic E-state index is 9.68. The van der Waals surface area contributed by atoms with E-state index in [1.54, 1.807) is 0 Å². The fourth-order valence-corrected chi connectivity index (χ4v) is 8.30. The van der Waals surface area contributed by atoms with E-state index in [0.29, 0.717) is 27.5 Å². The Bertz CT molecular complexity index is 3070. The molecule has 0 heteroatoms. The summed E-state index contributed by atoms with van der Waals surface area (Å²) >= 11 is 0. The van der Waals surface area contributed by atoms with Crippen LogP contribution in [0.3, 0.4) is 0 Å². The maximum absolute atomic E-state index is 9.68. The zero-order valence-electron chi connectivity index (χ0n) is 37.7. The van der Waals surface area contributed by atoms with Crippen molar-refractivity contribution in [2.75, 3.05) is 0 Å². The Hall–Kier alpha value is -5.46. The molecule has 1 aliphatic rings. The van der Waals surface area contributed by atoms with Crippen LogP contribution in [0.25, 0.3) is 76.8 Å². The van der Waals surface area contributed by atoms with Crippen molar-refractivity contribution in [3.05, 3.63) is 169 Å². The molecule has 0 spiro atoms. The standard InChI is InChI=1S/C50H42/c1-49(2)28-29-50(3,4)48-44(31-37(32-45(48)49)33-16-6-5-7-17-33)47-42-25-12-10-23-40(42)46(41-24-11-13-26-43(41)47)36-21-14-20-35(30-36)39-27-15-19-34-18-8-9-22-38(34)39/h5-27,30-32H,28-29H2,1-4H3/i5D,6D,7D,10D,12D,16D,17D,23D,25D. The second-order valence-corrected chi connectivity index (χ2v) is 14.9. The van der Waals surface area contributed by atoms with Crippen molar-refractivity contribution >= 4 is 32.3 Å². The van der Waals surface area contributed by atoms with Crippen LogP contribution < -0.4 is 0 Å². The Morgan fingerprint density at radius 3 is 1.82 bits per heavy atom. The minimum Gasteiger partial charge on any atom is -0.0622 e. The Morgan fingerprint density at radius 2 is 1.04 bits per heavy atom. The van der Waals surface area contributed by atoms with Crippen molar-refractivity contribution in [1.82, 2.24) is 0 Å². The molecule has 9 rings (SSSR count). The predicted octanol–water partition coefficient (Wildman–Crippen LogP) is 14.2. The van der Waals surface area contributed by atoms with Crippen LogP contribution in [0.15, 0.2) is 158 Å². The van der Waals surface area contributed by atoms with E-state index in [4.69, 9.17) is 9.60 Å². The van der Waals surface area contributed by atoms with Crippen molar-refractivity contribution < 1.29 is 12.3 Å². The molecule has 0 aromatic heterocycles. The van der Waals surface area contributed by atoms with E-state index in [9.17, 15) is 2.74 Å². The van der Waals surface area contributed by atoms with Crippen molar-refractivity contribution in [2.45, 2.75) is 51.4 Å². The molecule has 0 radical (unpaired) electrons. The Labute approximate surface area is 308 Å². The van der Waals surface area contributed by atoms with Crippen molar-refractivity contribution in [3.8, 4) is 44.5 Å². The first-order valence-corrected chi connectivity index (χ1v) is 17.3. The van der Waals surface area contributed by atoms with Gasteiger partial charge in [0.05, 0.1) is 12.3 Å². The summed E-state index contributed by atoms with van der Waals surface area (Å²) in [6.07, 6.45) is 1.70. The molecule has 8 aromatic rings. The smallest absolute Gasteiger partial charge is 0.0622 e. The lowest BCUT2D eigenvalue weighted by Gasteiger charge is -2.43. The molecule has 242 valence electrons. The van der Waals surface area contributed by atoms with Gasteiger partial charge in [0.25, 0.3) is 0 Å². The molecule has 0 amide bonds. The molecule has 0 fully saturated rings. The summed E-state index contributed by atoms with van der Waals surface area (Å²) in [7, 11) is 0. The number of hydrogen-bond donors (Lipinski definition) is 0. The van der Waals surface area contributed by atoms with Gasteiger partial charge in [0.15, 0.2) is 0 Å². The van der Waals surface area contributed by atoms with Crippen LogP contribution in [-0.4, -0.2) is 0 Å². The van der Waals surface area contributed by atoms with Crippen molar-refractivity contribution in [3.63, 3.8) is 0 Å². The van der Waals surface area contributed by atoms with Crippen LogP contribution in [-0.2, 0) is 10.8 Å². The molecule has 1 aliphatic carbocycles. The summed E-state index contributed by atoms with van der Waals surface area (Å²) in [6, 6.07) is 31.6. The van der Waals surface area contributed by atoms with Crippen LogP contribution in [0.4, 0.5) is 0 Å². The Kier molecular flexibility index (Phi) is 5.16. The van der Waals surface area contributed by atoms with Crippen LogP contribution in [0.1, 0.15) is 64.0 Å². The van der Waals surface area contributed by atoms with Crippen molar-refractivity contribution in [2.24, 2.45) is 0 Å². The molecule has 0 N–H and O–H groups in total. The highest BCUT2D eigenvalue weighted by atomic mass is 14.4. The maximum Gasteiger partial charge on any atom is 0.0629 e. The van der Waals surface area contributed by atoms with E-state index in [1.165, 1.54) is 0 Å². The third-order valence-electron chi connectivity index (χ3n) is 10.9. The molecule has 8 aromatic carbocycles. The molecule has 0 aliphatic heterocycles. The monoisotopic (exact) mass is 651 g/mol. The third kappa shape index (κ3) is 4.89. The number of rotatable bonds is 4. The average Bonchev–Trinajstić information content (AvgIpc) is 3.23. The second-order valence-electron chi connectivity index (χ2n) is 14.9. The molecular weight excluding hydrogens is 601 g/mol. The van der Waals surface area contributed by atoms with Crippen LogP contribution >= 0.6 is 0 Å². The van der Waals surface area contributed by atoms with Gasteiger partial charge in [0.2, 0.25) is 0 Å². The van der Waals surface area contributed by atoms with Gasteiger partial charge < -0.3 is 0 Å². The summed E-state index contributed by atoms with van der Waals surface area (Å²) in [6.45, 7) is 8.74. The summed E-state index contributed by atoms with van der Waals surface area (Å²) in [5.74, 6) is 0. The topological polar surface area (TPSA) is 0 Å². The quantitative estimate of drug-likeness (QED) is 0.166. The zero-order valence-corrected chi connectivity index (χ0v) is 28.7. The highest BCUT2D eigenvalue weighted by Gasteiger charge is 2.40. The van der Waals surface area contributed by atoms with Gasteiger partial charge in [-0.2, -0.15) is 0 Å².